The van der Waals surface area contributed by atoms with Gasteiger partial charge in [-0.05, 0) is 109 Å². The molecule has 0 unspecified atom stereocenters. The molecule has 106 heavy (non-hydrogen) atoms. The van der Waals surface area contributed by atoms with Crippen molar-refractivity contribution in [1.82, 2.24) is 19.6 Å². The summed E-state index contributed by atoms with van der Waals surface area (Å²) in [6.07, 6.45) is -4.58. The van der Waals surface area contributed by atoms with Crippen molar-refractivity contribution in [3.8, 4) is 17.2 Å². The minimum atomic E-state index is -2.96. The van der Waals surface area contributed by atoms with Crippen LogP contribution in [-0.4, -0.2) is 271 Å². The van der Waals surface area contributed by atoms with Gasteiger partial charge in [-0.1, -0.05) is 57.2 Å². The molecule has 3 aromatic rings. The van der Waals surface area contributed by atoms with Crippen LogP contribution < -0.4 is 22.9 Å². The Labute approximate surface area is 604 Å². The first-order valence-electron chi connectivity index (χ1n) is 33.6. The van der Waals surface area contributed by atoms with Gasteiger partial charge in [0.2, 0.25) is 17.3 Å². The third kappa shape index (κ3) is 11.1. The molecule has 568 valence electrons. The van der Waals surface area contributed by atoms with E-state index < -0.39 is 227 Å². The monoisotopic (exact) mass is 1470 g/mol. The molecule has 3 amide bonds. The number of phenolic OH excluding ortho intramolecular Hbond substituents is 3. The van der Waals surface area contributed by atoms with Gasteiger partial charge in [0.05, 0.1) is 77.4 Å². The first-order chi connectivity index (χ1) is 49.2. The van der Waals surface area contributed by atoms with Gasteiger partial charge in [0.25, 0.3) is 17.7 Å². The number of rotatable bonds is 12. The zero-order chi connectivity index (χ0) is 79.3. The number of fused-ring (bicyclic) bond motifs is 9. The summed E-state index contributed by atoms with van der Waals surface area (Å²) in [7, 11) is 12.2. The number of phenols is 3. The highest BCUT2D eigenvalue weighted by Gasteiger charge is 2.72. The number of aliphatic hydroxyl groups excluding tert-OH is 9. The van der Waals surface area contributed by atoms with Gasteiger partial charge in [0.15, 0.2) is 34.2 Å². The van der Waals surface area contributed by atoms with Gasteiger partial charge in [0.1, 0.15) is 74.3 Å². The zero-order valence-electron chi connectivity index (χ0n) is 59.4. The number of nitrogens with two attached hydrogens (primary N) is 4. The molecule has 0 aromatic heterocycles. The quantitative estimate of drug-likeness (QED) is 0.0873. The summed E-state index contributed by atoms with van der Waals surface area (Å²) in [5.74, 6) is -27.4. The molecule has 33 heteroatoms. The van der Waals surface area contributed by atoms with Crippen LogP contribution in [0, 0.1) is 35.5 Å². The summed E-state index contributed by atoms with van der Waals surface area (Å²) in [5.41, 5.74) is 10.4. The second kappa shape index (κ2) is 27.4. The molecule has 33 nitrogen and oxygen atoms in total. The molecule has 12 rings (SSSR count). The Morgan fingerprint density at radius 3 is 1.05 bits per heavy atom. The van der Waals surface area contributed by atoms with E-state index >= 15 is 0 Å². The number of carbonyl (C=O) groups excluding carboxylic acids is 10. The minimum Gasteiger partial charge on any atom is -0.508 e. The van der Waals surface area contributed by atoms with Crippen LogP contribution in [0.1, 0.15) is 89.5 Å². The minimum absolute atomic E-state index is 0.0245. The lowest BCUT2D eigenvalue weighted by Gasteiger charge is -2.53. The van der Waals surface area contributed by atoms with Crippen LogP contribution in [0.4, 0.5) is 0 Å². The molecule has 23 N–H and O–H groups in total. The Morgan fingerprint density at radius 2 is 0.745 bits per heavy atom. The summed E-state index contributed by atoms with van der Waals surface area (Å²) in [6, 6.07) is 6.77. The number of carbonyl (C=O) groups is 10. The van der Waals surface area contributed by atoms with Crippen molar-refractivity contribution >= 4 is 75.5 Å². The van der Waals surface area contributed by atoms with E-state index in [1.807, 2.05) is 0 Å². The number of nitrogens with zero attached hydrogens (tertiary/aromatic N) is 4. The fraction of sp³-hybridized carbons (Fsp3) is 0.452. The first kappa shape index (κ1) is 78.5. The SMILES string of the molecule is C[C@H]1c2ccc(CCC(=O)CN(C)C)c(O)c2C(O)=C2C(=O)[C@]3(O)C(O)=C(C(N)=O)C(=O)[C@@H](N(C)C)[C@@H]3[C@@H](O)[C@@H]21.C[C@H]1c2ccc(CN)c(O)c2C(O)=C2C(=O)[C@]3(O)C(O)=C(C(N)=O)C(=O)[C@@H](N(C)C)[C@@H]3[C@@H](O)[C@@H]21.C[C@H]1c2cccc(O)c2C(O)=C2C(=O)[C@]3(O)C(O)=C(C(N)=O)C(=O)[C@@H](N(C)C)[C@@H]3[C@@H](O)[C@@H]21. The molecule has 3 fully saturated rings. The number of aromatic hydroxyl groups is 3. The van der Waals surface area contributed by atoms with Crippen LogP contribution in [0.3, 0.4) is 0 Å². The summed E-state index contributed by atoms with van der Waals surface area (Å²) >= 11 is 0. The summed E-state index contributed by atoms with van der Waals surface area (Å²) < 4.78 is 0. The van der Waals surface area contributed by atoms with Gasteiger partial charge in [0, 0.05) is 53.0 Å². The third-order valence-corrected chi connectivity index (χ3v) is 22.8. The maximum absolute atomic E-state index is 14.0. The van der Waals surface area contributed by atoms with Gasteiger partial charge in [-0.15, -0.1) is 0 Å². The lowest BCUT2D eigenvalue weighted by Crippen LogP contribution is -2.70. The highest BCUT2D eigenvalue weighted by atomic mass is 16.4. The average Bonchev–Trinajstić information content (AvgIpc) is 0.699. The van der Waals surface area contributed by atoms with Crippen molar-refractivity contribution < 1.29 is 125 Å². The Bertz CT molecular complexity index is 4620. The number of Topliss-reactive ketones (excluding diaryl/α,β-unsaturated/α-hetero) is 7. The predicted octanol–water partition coefficient (Wildman–Crippen LogP) is -1.99. The molecule has 18 atom stereocenters. The fourth-order valence-electron chi connectivity index (χ4n) is 18.0. The number of aliphatic hydroxyl groups is 12. The topological polar surface area (TPSA) is 591 Å². The van der Waals surface area contributed by atoms with E-state index in [1.165, 1.54) is 63.1 Å². The molecule has 3 aromatic carbocycles. The van der Waals surface area contributed by atoms with Crippen LogP contribution in [0.25, 0.3) is 17.3 Å². The van der Waals surface area contributed by atoms with E-state index in [4.69, 9.17) is 22.9 Å². The Kier molecular flexibility index (Phi) is 20.3. The number of amides is 3. The summed E-state index contributed by atoms with van der Waals surface area (Å²) in [5, 5.41) is 167. The van der Waals surface area contributed by atoms with Gasteiger partial charge < -0.3 is 104 Å². The largest absolute Gasteiger partial charge is 0.508 e. The molecular weight excluding hydrogens is 1390 g/mol. The zero-order valence-corrected chi connectivity index (χ0v) is 59.4. The van der Waals surface area contributed by atoms with Crippen molar-refractivity contribution in [3.63, 3.8) is 0 Å². The normalized spacial score (nSPS) is 32.3. The molecule has 0 heterocycles. The van der Waals surface area contributed by atoms with Crippen molar-refractivity contribution in [2.75, 3.05) is 62.9 Å². The second-order valence-corrected chi connectivity index (χ2v) is 29.4. The van der Waals surface area contributed by atoms with E-state index in [0.29, 0.717) is 27.8 Å². The van der Waals surface area contributed by atoms with Crippen LogP contribution in [0.5, 0.6) is 17.2 Å². The van der Waals surface area contributed by atoms with E-state index in [2.05, 4.69) is 0 Å². The number of primary amides is 3. The number of hydrogen-bond donors (Lipinski definition) is 19. The predicted molar refractivity (Wildman–Crippen MR) is 371 cm³/mol. The van der Waals surface area contributed by atoms with Crippen LogP contribution in [0.15, 0.2) is 93.2 Å². The Morgan fingerprint density at radius 1 is 0.443 bits per heavy atom. The van der Waals surface area contributed by atoms with Crippen LogP contribution in [0.2, 0.25) is 0 Å². The molecule has 3 saturated carbocycles. The van der Waals surface area contributed by atoms with E-state index in [0.717, 1.165) is 0 Å². The second-order valence-electron chi connectivity index (χ2n) is 29.4. The van der Waals surface area contributed by atoms with Crippen molar-refractivity contribution in [2.24, 2.45) is 58.4 Å². The lowest BCUT2D eigenvalue weighted by atomic mass is 9.54. The number of aryl methyl sites for hydroxylation is 1. The number of likely N-dealkylation sites (N-methyl/N-ethyl adjacent to an activating group) is 4. The molecule has 0 bridgehead atoms. The lowest BCUT2D eigenvalue weighted by molar-refractivity contribution is -0.170. The summed E-state index contributed by atoms with van der Waals surface area (Å²) in [4.78, 5) is 135. The molecule has 0 spiro atoms. The summed E-state index contributed by atoms with van der Waals surface area (Å²) in [6.45, 7) is 5.16. The maximum Gasteiger partial charge on any atom is 0.255 e. The number of ketones is 7. The molecule has 0 aliphatic heterocycles. The van der Waals surface area contributed by atoms with E-state index in [-0.39, 0.29) is 65.7 Å². The smallest absolute Gasteiger partial charge is 0.255 e. The fourth-order valence-corrected chi connectivity index (χ4v) is 18.0. The van der Waals surface area contributed by atoms with Crippen molar-refractivity contribution in [1.29, 1.82) is 0 Å². The maximum atomic E-state index is 14.0. The first-order valence-corrected chi connectivity index (χ1v) is 33.6. The average molecular weight is 1480 g/mol. The van der Waals surface area contributed by atoms with Gasteiger partial charge in [-0.3, -0.25) is 62.6 Å². The van der Waals surface area contributed by atoms with Gasteiger partial charge in [-0.25, -0.2) is 0 Å². The molecular formula is C73H86N8O25. The van der Waals surface area contributed by atoms with Crippen LogP contribution in [-0.2, 0) is 60.9 Å². The molecule has 9 aliphatic carbocycles. The Hall–Kier alpha value is -10.0. The molecule has 0 saturated heterocycles. The van der Waals surface area contributed by atoms with Gasteiger partial charge >= 0.3 is 0 Å². The highest BCUT2D eigenvalue weighted by molar-refractivity contribution is 6.27. The van der Waals surface area contributed by atoms with E-state index in [9.17, 15) is 125 Å². The Balaban J connectivity index is 0.000000171. The number of benzene rings is 3. The van der Waals surface area contributed by atoms with Crippen LogP contribution >= 0.6 is 0 Å². The van der Waals surface area contributed by atoms with Crippen molar-refractivity contribution in [3.05, 3.63) is 138 Å². The van der Waals surface area contributed by atoms with Crippen molar-refractivity contribution in [2.45, 2.75) is 111 Å². The highest BCUT2D eigenvalue weighted by Crippen LogP contribution is 2.60. The molecule has 0 radical (unpaired) electrons. The standard InChI is InChI=1S/C28H35N3O9.C23H27N3O8.C22H24N2O8/c1-11-14-9-7-12(6-8-13(32)10-30(2)3)21(33)16(14)22(34)17-15(11)23(35)19-20(31(4)5)24(36)18(27(29)39)26(38)28(19,40)25(17)37;1-7-9-5-4-8(6-24)16(27)11(9)17(28)12-10(7)18(29)14-15(26(2)3)19(30)13(22(25)33)21(32)23(14,34)20(12)31;1-7-8-5-4-6-9(25)11(8)16(26)12-10(7)17(27)14-15(24(2)3)18(28)13(21(23)31)20(30)22(14,32)19(12)29/h7,9,11,15,19-20,23,33-35,38,40H,6,8,10H2,1-5H3,(H2,29,39);4-5,7,10,14-15,18,27-29,32,34H,6,24H2,1-3H3,(H2,25,33);4-7,10,14-15,17,25-27,30,32H,1-3H3,(H2,23,31)/t11-,15+,19+,20-,23-,28-;7-,10+,14+,15-,18-,23-;7-,10+,14+,15-,17-,22-/m000/s1. The third-order valence-electron chi connectivity index (χ3n) is 22.8. The molecule has 9 aliphatic rings. The van der Waals surface area contributed by atoms with Gasteiger partial charge in [-0.2, -0.15) is 0 Å². The number of hydrogen-bond acceptors (Lipinski definition) is 30. The van der Waals surface area contributed by atoms with E-state index in [1.54, 1.807) is 76.2 Å².